The standard InChI is InChI=1S/C15H18N4O/c1-3-12-4-6-13(7-5-12)11(2)18-15(20)19-14-10-16-8-9-17-14/h4-11H,3H2,1-2H3,(H2,17,18,19,20). The first-order chi connectivity index (χ1) is 9.69. The number of benzene rings is 1. The molecule has 0 saturated heterocycles. The molecular formula is C15H18N4O. The maximum atomic E-state index is 11.8. The molecule has 2 amide bonds. The second-order valence-electron chi connectivity index (χ2n) is 4.51. The van der Waals surface area contributed by atoms with E-state index in [0.717, 1.165) is 12.0 Å². The second-order valence-corrected chi connectivity index (χ2v) is 4.51. The van der Waals surface area contributed by atoms with E-state index in [1.165, 1.54) is 18.0 Å². The number of nitrogens with zero attached hydrogens (tertiary/aromatic N) is 2. The lowest BCUT2D eigenvalue weighted by Gasteiger charge is -2.15. The Morgan fingerprint density at radius 1 is 1.25 bits per heavy atom. The lowest BCUT2D eigenvalue weighted by atomic mass is 10.1. The molecule has 2 N–H and O–H groups in total. The normalized spacial score (nSPS) is 11.7. The number of hydrogen-bond acceptors (Lipinski definition) is 3. The predicted octanol–water partition coefficient (Wildman–Crippen LogP) is 2.92. The molecule has 1 aromatic carbocycles. The largest absolute Gasteiger partial charge is 0.331 e. The van der Waals surface area contributed by atoms with Gasteiger partial charge in [0, 0.05) is 12.4 Å². The fourth-order valence-electron chi connectivity index (χ4n) is 1.84. The molecule has 1 heterocycles. The molecule has 1 atom stereocenters. The Morgan fingerprint density at radius 3 is 2.60 bits per heavy atom. The van der Waals surface area contributed by atoms with Crippen molar-refractivity contribution < 1.29 is 4.79 Å². The maximum absolute atomic E-state index is 11.8. The van der Waals surface area contributed by atoms with Crippen molar-refractivity contribution in [3.05, 3.63) is 54.0 Å². The first kappa shape index (κ1) is 14.0. The van der Waals surface area contributed by atoms with Crippen molar-refractivity contribution in [1.29, 1.82) is 0 Å². The first-order valence-corrected chi connectivity index (χ1v) is 6.61. The Bertz CT molecular complexity index is 554. The zero-order valence-corrected chi connectivity index (χ0v) is 11.6. The summed E-state index contributed by atoms with van der Waals surface area (Å²) in [4.78, 5) is 19.7. The highest BCUT2D eigenvalue weighted by Gasteiger charge is 2.09. The first-order valence-electron chi connectivity index (χ1n) is 6.61. The quantitative estimate of drug-likeness (QED) is 0.897. The third kappa shape index (κ3) is 3.78. The van der Waals surface area contributed by atoms with E-state index in [0.29, 0.717) is 5.82 Å². The number of nitrogens with one attached hydrogen (secondary N) is 2. The predicted molar refractivity (Wildman–Crippen MR) is 78.4 cm³/mol. The Hall–Kier alpha value is -2.43. The van der Waals surface area contributed by atoms with Gasteiger partial charge in [-0.2, -0.15) is 0 Å². The lowest BCUT2D eigenvalue weighted by Crippen LogP contribution is -2.31. The van der Waals surface area contributed by atoms with Crippen molar-refractivity contribution in [1.82, 2.24) is 15.3 Å². The molecule has 20 heavy (non-hydrogen) atoms. The summed E-state index contributed by atoms with van der Waals surface area (Å²) in [5, 5.41) is 5.51. The highest BCUT2D eigenvalue weighted by Crippen LogP contribution is 2.13. The molecule has 1 aromatic heterocycles. The Balaban J connectivity index is 1.93. The smallest absolute Gasteiger partial charge is 0.320 e. The van der Waals surface area contributed by atoms with Gasteiger partial charge in [0.15, 0.2) is 5.82 Å². The van der Waals surface area contributed by atoms with Crippen molar-refractivity contribution >= 4 is 11.8 Å². The molecule has 0 saturated carbocycles. The van der Waals surface area contributed by atoms with Crippen LogP contribution in [0.4, 0.5) is 10.6 Å². The fourth-order valence-corrected chi connectivity index (χ4v) is 1.84. The van der Waals surface area contributed by atoms with Crippen LogP contribution in [0.15, 0.2) is 42.9 Å². The van der Waals surface area contributed by atoms with Gasteiger partial charge in [-0.15, -0.1) is 0 Å². The average Bonchev–Trinajstić information content (AvgIpc) is 2.48. The van der Waals surface area contributed by atoms with Crippen molar-refractivity contribution in [2.75, 3.05) is 5.32 Å². The Labute approximate surface area is 118 Å². The molecule has 104 valence electrons. The number of urea groups is 1. The molecule has 0 fully saturated rings. The van der Waals surface area contributed by atoms with E-state index in [4.69, 9.17) is 0 Å². The number of aromatic nitrogens is 2. The van der Waals surface area contributed by atoms with Crippen molar-refractivity contribution in [3.8, 4) is 0 Å². The molecule has 5 nitrogen and oxygen atoms in total. The van der Waals surface area contributed by atoms with Crippen LogP contribution in [-0.2, 0) is 6.42 Å². The van der Waals surface area contributed by atoms with Crippen LogP contribution in [0.5, 0.6) is 0 Å². The summed E-state index contributed by atoms with van der Waals surface area (Å²) in [6.07, 6.45) is 5.60. The number of carbonyl (C=O) groups is 1. The minimum atomic E-state index is -0.294. The highest BCUT2D eigenvalue weighted by molar-refractivity contribution is 5.88. The van der Waals surface area contributed by atoms with Crippen molar-refractivity contribution in [2.24, 2.45) is 0 Å². The van der Waals surface area contributed by atoms with Gasteiger partial charge in [-0.05, 0) is 24.5 Å². The molecule has 5 heteroatoms. The van der Waals surface area contributed by atoms with Crippen LogP contribution >= 0.6 is 0 Å². The summed E-state index contributed by atoms with van der Waals surface area (Å²) < 4.78 is 0. The van der Waals surface area contributed by atoms with Gasteiger partial charge in [-0.25, -0.2) is 9.78 Å². The van der Waals surface area contributed by atoms with Crippen molar-refractivity contribution in [2.45, 2.75) is 26.3 Å². The van der Waals surface area contributed by atoms with Gasteiger partial charge in [0.25, 0.3) is 0 Å². The number of amides is 2. The molecule has 1 unspecified atom stereocenters. The Kier molecular flexibility index (Phi) is 4.65. The van der Waals surface area contributed by atoms with Crippen LogP contribution in [-0.4, -0.2) is 16.0 Å². The third-order valence-electron chi connectivity index (χ3n) is 3.04. The summed E-state index contributed by atoms with van der Waals surface area (Å²) in [6.45, 7) is 4.06. The Morgan fingerprint density at radius 2 is 2.00 bits per heavy atom. The van der Waals surface area contributed by atoms with E-state index in [9.17, 15) is 4.79 Å². The monoisotopic (exact) mass is 270 g/mol. The summed E-state index contributed by atoms with van der Waals surface area (Å²) in [5.41, 5.74) is 2.35. The molecule has 0 radical (unpaired) electrons. The number of aryl methyl sites for hydroxylation is 1. The van der Waals surface area contributed by atoms with Crippen LogP contribution in [0.3, 0.4) is 0 Å². The topological polar surface area (TPSA) is 66.9 Å². The van der Waals surface area contributed by atoms with Gasteiger partial charge in [0.05, 0.1) is 12.2 Å². The summed E-state index contributed by atoms with van der Waals surface area (Å²) in [6, 6.07) is 7.86. The van der Waals surface area contributed by atoms with Gasteiger partial charge in [-0.3, -0.25) is 10.3 Å². The number of anilines is 1. The number of rotatable bonds is 4. The van der Waals surface area contributed by atoms with Crippen LogP contribution in [0, 0.1) is 0 Å². The van der Waals surface area contributed by atoms with Gasteiger partial charge in [0.1, 0.15) is 0 Å². The molecule has 2 aromatic rings. The summed E-state index contributed by atoms with van der Waals surface area (Å²) in [7, 11) is 0. The van der Waals surface area contributed by atoms with Gasteiger partial charge in [0.2, 0.25) is 0 Å². The van der Waals surface area contributed by atoms with Crippen LogP contribution < -0.4 is 10.6 Å². The number of hydrogen-bond donors (Lipinski definition) is 2. The molecule has 0 aliphatic rings. The average molecular weight is 270 g/mol. The van der Waals surface area contributed by atoms with Gasteiger partial charge < -0.3 is 5.32 Å². The van der Waals surface area contributed by atoms with Crippen molar-refractivity contribution in [3.63, 3.8) is 0 Å². The zero-order chi connectivity index (χ0) is 14.4. The van der Waals surface area contributed by atoms with Gasteiger partial charge >= 0.3 is 6.03 Å². The molecular weight excluding hydrogens is 252 g/mol. The zero-order valence-electron chi connectivity index (χ0n) is 11.6. The van der Waals surface area contributed by atoms with Crippen LogP contribution in [0.2, 0.25) is 0 Å². The second kappa shape index (κ2) is 6.65. The third-order valence-corrected chi connectivity index (χ3v) is 3.04. The minimum absolute atomic E-state index is 0.0717. The molecule has 2 rings (SSSR count). The summed E-state index contributed by atoms with van der Waals surface area (Å²) in [5.74, 6) is 0.429. The molecule has 0 aliphatic carbocycles. The maximum Gasteiger partial charge on any atom is 0.320 e. The highest BCUT2D eigenvalue weighted by atomic mass is 16.2. The molecule has 0 aliphatic heterocycles. The van der Waals surface area contributed by atoms with Gasteiger partial charge in [-0.1, -0.05) is 31.2 Å². The van der Waals surface area contributed by atoms with E-state index >= 15 is 0 Å². The number of carbonyl (C=O) groups excluding carboxylic acids is 1. The SMILES string of the molecule is CCc1ccc(C(C)NC(=O)Nc2cnccn2)cc1. The van der Waals surface area contributed by atoms with E-state index in [2.05, 4.69) is 39.7 Å². The van der Waals surface area contributed by atoms with E-state index in [1.807, 2.05) is 19.1 Å². The van der Waals surface area contributed by atoms with E-state index in [-0.39, 0.29) is 12.1 Å². The molecule has 0 spiro atoms. The van der Waals surface area contributed by atoms with E-state index < -0.39 is 0 Å². The fraction of sp³-hybridized carbons (Fsp3) is 0.267. The molecule has 0 bridgehead atoms. The lowest BCUT2D eigenvalue weighted by molar-refractivity contribution is 0.249. The van der Waals surface area contributed by atoms with Crippen LogP contribution in [0.1, 0.15) is 31.0 Å². The minimum Gasteiger partial charge on any atom is -0.331 e. The van der Waals surface area contributed by atoms with Crippen LogP contribution in [0.25, 0.3) is 0 Å². The summed E-state index contributed by atoms with van der Waals surface area (Å²) >= 11 is 0. The van der Waals surface area contributed by atoms with E-state index in [1.54, 1.807) is 6.20 Å².